The Balaban J connectivity index is 2.53. The Bertz CT molecular complexity index is 221. The van der Waals surface area contributed by atoms with Crippen molar-refractivity contribution >= 4 is 0 Å². The minimum atomic E-state index is -0.440. The zero-order chi connectivity index (χ0) is 8.97. The molecule has 0 heterocycles. The second-order valence-electron chi connectivity index (χ2n) is 3.09. The highest BCUT2D eigenvalue weighted by atomic mass is 16.3. The van der Waals surface area contributed by atoms with Gasteiger partial charge < -0.3 is 10.8 Å². The standard InChI is InChI=1S/C10H15NO/c1-8(12)10(11)7-9-5-3-2-4-6-9/h2-6,8,10,12H,7,11H2,1H3/t8-,10+/m1/s1. The number of nitrogens with two attached hydrogens (primary N) is 1. The molecule has 0 unspecified atom stereocenters. The lowest BCUT2D eigenvalue weighted by Gasteiger charge is -2.13. The van der Waals surface area contributed by atoms with Gasteiger partial charge in [-0.15, -0.1) is 0 Å². The molecule has 2 nitrogen and oxygen atoms in total. The van der Waals surface area contributed by atoms with E-state index in [1.807, 2.05) is 30.3 Å². The van der Waals surface area contributed by atoms with Crippen LogP contribution in [0.5, 0.6) is 0 Å². The Hall–Kier alpha value is -0.860. The van der Waals surface area contributed by atoms with Gasteiger partial charge in [0, 0.05) is 6.04 Å². The van der Waals surface area contributed by atoms with E-state index in [0.717, 1.165) is 6.42 Å². The molecule has 2 atom stereocenters. The zero-order valence-corrected chi connectivity index (χ0v) is 7.27. The van der Waals surface area contributed by atoms with E-state index in [4.69, 9.17) is 10.8 Å². The SMILES string of the molecule is C[C@@H](O)[C@@H](N)Cc1ccccc1. The van der Waals surface area contributed by atoms with Crippen LogP contribution >= 0.6 is 0 Å². The van der Waals surface area contributed by atoms with E-state index in [1.165, 1.54) is 5.56 Å². The van der Waals surface area contributed by atoms with Crippen LogP contribution in [0.1, 0.15) is 12.5 Å². The van der Waals surface area contributed by atoms with Crippen LogP contribution in [0.15, 0.2) is 30.3 Å². The first kappa shape index (κ1) is 9.23. The maximum Gasteiger partial charge on any atom is 0.0666 e. The average molecular weight is 165 g/mol. The number of aliphatic hydroxyl groups is 1. The number of hydrogen-bond donors (Lipinski definition) is 2. The molecule has 2 heteroatoms. The van der Waals surface area contributed by atoms with Crippen molar-refractivity contribution in [3.8, 4) is 0 Å². The predicted octanol–water partition coefficient (Wildman–Crippen LogP) is 0.937. The maximum atomic E-state index is 9.16. The predicted molar refractivity (Wildman–Crippen MR) is 49.8 cm³/mol. The Morgan fingerprint density at radius 3 is 2.42 bits per heavy atom. The highest BCUT2D eigenvalue weighted by Crippen LogP contribution is 2.03. The summed E-state index contributed by atoms with van der Waals surface area (Å²) in [7, 11) is 0. The van der Waals surface area contributed by atoms with Gasteiger partial charge in [-0.3, -0.25) is 0 Å². The molecule has 0 aliphatic carbocycles. The maximum absolute atomic E-state index is 9.16. The van der Waals surface area contributed by atoms with Gasteiger partial charge in [0.1, 0.15) is 0 Å². The lowest BCUT2D eigenvalue weighted by molar-refractivity contribution is 0.163. The summed E-state index contributed by atoms with van der Waals surface area (Å²) in [6, 6.07) is 9.79. The third-order valence-electron chi connectivity index (χ3n) is 1.93. The molecule has 12 heavy (non-hydrogen) atoms. The quantitative estimate of drug-likeness (QED) is 0.700. The molecule has 1 rings (SSSR count). The summed E-state index contributed by atoms with van der Waals surface area (Å²) in [5, 5.41) is 9.16. The van der Waals surface area contributed by atoms with E-state index in [0.29, 0.717) is 0 Å². The molecule has 0 fully saturated rings. The molecule has 1 aromatic carbocycles. The van der Waals surface area contributed by atoms with Crippen molar-refractivity contribution in [3.63, 3.8) is 0 Å². The van der Waals surface area contributed by atoms with Crippen molar-refractivity contribution in [2.75, 3.05) is 0 Å². The third kappa shape index (κ3) is 2.64. The number of rotatable bonds is 3. The Morgan fingerprint density at radius 1 is 1.33 bits per heavy atom. The molecule has 0 aliphatic rings. The molecule has 0 radical (unpaired) electrons. The first-order valence-electron chi connectivity index (χ1n) is 4.17. The fourth-order valence-corrected chi connectivity index (χ4v) is 1.06. The summed E-state index contributed by atoms with van der Waals surface area (Å²) in [5.74, 6) is 0. The van der Waals surface area contributed by atoms with Gasteiger partial charge in [0.2, 0.25) is 0 Å². The molecule has 66 valence electrons. The van der Waals surface area contributed by atoms with Gasteiger partial charge >= 0.3 is 0 Å². The largest absolute Gasteiger partial charge is 0.392 e. The fraction of sp³-hybridized carbons (Fsp3) is 0.400. The number of benzene rings is 1. The smallest absolute Gasteiger partial charge is 0.0666 e. The van der Waals surface area contributed by atoms with E-state index in [1.54, 1.807) is 6.92 Å². The highest BCUT2D eigenvalue weighted by molar-refractivity contribution is 5.15. The summed E-state index contributed by atoms with van der Waals surface area (Å²) < 4.78 is 0. The van der Waals surface area contributed by atoms with Crippen molar-refractivity contribution in [2.45, 2.75) is 25.5 Å². The van der Waals surface area contributed by atoms with Crippen LogP contribution in [0.2, 0.25) is 0 Å². The molecule has 0 aliphatic heterocycles. The van der Waals surface area contributed by atoms with Crippen molar-refractivity contribution in [1.29, 1.82) is 0 Å². The molecule has 3 N–H and O–H groups in total. The minimum absolute atomic E-state index is 0.160. The molecule has 0 spiro atoms. The second kappa shape index (κ2) is 4.24. The molecule has 0 bridgehead atoms. The normalized spacial score (nSPS) is 15.6. The van der Waals surface area contributed by atoms with E-state index in [-0.39, 0.29) is 6.04 Å². The van der Waals surface area contributed by atoms with Crippen LogP contribution in [-0.2, 0) is 6.42 Å². The lowest BCUT2D eigenvalue weighted by atomic mass is 10.0. The monoisotopic (exact) mass is 165 g/mol. The van der Waals surface area contributed by atoms with Gasteiger partial charge in [0.25, 0.3) is 0 Å². The zero-order valence-electron chi connectivity index (χ0n) is 7.27. The molecule has 0 saturated carbocycles. The minimum Gasteiger partial charge on any atom is -0.392 e. The second-order valence-corrected chi connectivity index (χ2v) is 3.09. The van der Waals surface area contributed by atoms with Crippen LogP contribution in [0.25, 0.3) is 0 Å². The van der Waals surface area contributed by atoms with E-state index >= 15 is 0 Å². The Morgan fingerprint density at radius 2 is 1.92 bits per heavy atom. The van der Waals surface area contributed by atoms with Crippen LogP contribution in [0.3, 0.4) is 0 Å². The molecular formula is C10H15NO. The summed E-state index contributed by atoms with van der Waals surface area (Å²) in [4.78, 5) is 0. The average Bonchev–Trinajstić information content (AvgIpc) is 2.06. The summed E-state index contributed by atoms with van der Waals surface area (Å²) in [6.07, 6.45) is 0.295. The Labute approximate surface area is 73.0 Å². The van der Waals surface area contributed by atoms with Gasteiger partial charge in [-0.05, 0) is 18.9 Å². The molecule has 1 aromatic rings. The first-order valence-corrected chi connectivity index (χ1v) is 4.17. The topological polar surface area (TPSA) is 46.2 Å². The van der Waals surface area contributed by atoms with Gasteiger partial charge in [-0.2, -0.15) is 0 Å². The van der Waals surface area contributed by atoms with Crippen LogP contribution in [0, 0.1) is 0 Å². The molecule has 0 saturated heterocycles. The van der Waals surface area contributed by atoms with Crippen LogP contribution in [0.4, 0.5) is 0 Å². The van der Waals surface area contributed by atoms with Crippen molar-refractivity contribution in [3.05, 3.63) is 35.9 Å². The van der Waals surface area contributed by atoms with E-state index < -0.39 is 6.10 Å². The third-order valence-corrected chi connectivity index (χ3v) is 1.93. The van der Waals surface area contributed by atoms with Gasteiger partial charge in [0.15, 0.2) is 0 Å². The van der Waals surface area contributed by atoms with Crippen molar-refractivity contribution in [1.82, 2.24) is 0 Å². The lowest BCUT2D eigenvalue weighted by Crippen LogP contribution is -2.34. The van der Waals surface area contributed by atoms with Crippen LogP contribution < -0.4 is 5.73 Å². The van der Waals surface area contributed by atoms with Crippen molar-refractivity contribution < 1.29 is 5.11 Å². The van der Waals surface area contributed by atoms with Gasteiger partial charge in [-0.25, -0.2) is 0 Å². The molecule has 0 amide bonds. The summed E-state index contributed by atoms with van der Waals surface area (Å²) >= 11 is 0. The van der Waals surface area contributed by atoms with Crippen molar-refractivity contribution in [2.24, 2.45) is 5.73 Å². The summed E-state index contributed by atoms with van der Waals surface area (Å²) in [6.45, 7) is 1.72. The van der Waals surface area contributed by atoms with E-state index in [9.17, 15) is 0 Å². The van der Waals surface area contributed by atoms with E-state index in [2.05, 4.69) is 0 Å². The van der Waals surface area contributed by atoms with Gasteiger partial charge in [0.05, 0.1) is 6.10 Å². The number of hydrogen-bond acceptors (Lipinski definition) is 2. The number of aliphatic hydroxyl groups excluding tert-OH is 1. The molecule has 0 aromatic heterocycles. The Kier molecular flexibility index (Phi) is 3.26. The summed E-state index contributed by atoms with van der Waals surface area (Å²) in [5.41, 5.74) is 6.87. The van der Waals surface area contributed by atoms with Crippen LogP contribution in [-0.4, -0.2) is 17.3 Å². The fourth-order valence-electron chi connectivity index (χ4n) is 1.06. The molecular weight excluding hydrogens is 150 g/mol. The first-order chi connectivity index (χ1) is 5.70. The van der Waals surface area contributed by atoms with Gasteiger partial charge in [-0.1, -0.05) is 30.3 Å². The highest BCUT2D eigenvalue weighted by Gasteiger charge is 2.08.